The van der Waals surface area contributed by atoms with E-state index in [2.05, 4.69) is 38.6 Å². The van der Waals surface area contributed by atoms with Crippen LogP contribution in [0.3, 0.4) is 0 Å². The van der Waals surface area contributed by atoms with Crippen LogP contribution in [0.2, 0.25) is 0 Å². The molecule has 0 aliphatic carbocycles. The largest absolute Gasteiger partial charge is 0.394 e. The molecule has 0 fully saturated rings. The van der Waals surface area contributed by atoms with Crippen molar-refractivity contribution >= 4 is 34.9 Å². The summed E-state index contributed by atoms with van der Waals surface area (Å²) in [6.07, 6.45) is 1.65. The molecule has 9 heteroatoms. The van der Waals surface area contributed by atoms with Crippen LogP contribution in [0.4, 0.5) is 11.4 Å². The lowest BCUT2D eigenvalue weighted by atomic mass is 9.96. The van der Waals surface area contributed by atoms with E-state index in [1.807, 2.05) is 36.4 Å². The molecule has 0 saturated heterocycles. The predicted octanol–water partition coefficient (Wildman–Crippen LogP) is 2.82. The average Bonchev–Trinajstić information content (AvgIpc) is 3.15. The van der Waals surface area contributed by atoms with Gasteiger partial charge < -0.3 is 15.6 Å². The quantitative estimate of drug-likeness (QED) is 0.378. The third-order valence-electron chi connectivity index (χ3n) is 5.55. The highest BCUT2D eigenvalue weighted by Crippen LogP contribution is 2.22. The molecular weight excluding hydrogens is 448 g/mol. The summed E-state index contributed by atoms with van der Waals surface area (Å²) in [6.45, 7) is 7.07. The fourth-order valence-corrected chi connectivity index (χ4v) is 3.63. The number of anilines is 2. The first-order valence-electron chi connectivity index (χ1n) is 11.5. The van der Waals surface area contributed by atoms with Gasteiger partial charge in [-0.2, -0.15) is 0 Å². The zero-order valence-electron chi connectivity index (χ0n) is 20.6. The number of para-hydroxylation sites is 2. The summed E-state index contributed by atoms with van der Waals surface area (Å²) in [5.74, 6) is -0.454. The summed E-state index contributed by atoms with van der Waals surface area (Å²) < 4.78 is 3.97. The zero-order chi connectivity index (χ0) is 25.8. The molecule has 9 nitrogen and oxygen atoms in total. The summed E-state index contributed by atoms with van der Waals surface area (Å²) in [5.41, 5.74) is 16.9. The van der Waals surface area contributed by atoms with Gasteiger partial charge in [-0.05, 0) is 49.9 Å². The van der Waals surface area contributed by atoms with E-state index >= 15 is 0 Å². The second kappa shape index (κ2) is 14.0. The number of carbonyl (C=O) groups is 4. The number of fused-ring (bicyclic) bond motifs is 2. The Balaban J connectivity index is 0.000000197. The summed E-state index contributed by atoms with van der Waals surface area (Å²) in [4.78, 5) is 42.2. The Hall–Kier alpha value is -3.56. The minimum absolute atomic E-state index is 0.0890. The lowest BCUT2D eigenvalue weighted by Gasteiger charge is -2.08. The van der Waals surface area contributed by atoms with Crippen molar-refractivity contribution in [1.82, 2.24) is 10.9 Å². The van der Waals surface area contributed by atoms with Gasteiger partial charge in [0, 0.05) is 38.8 Å². The second-order valence-corrected chi connectivity index (χ2v) is 8.43. The number of nitrogens with one attached hydrogen (secondary N) is 4. The van der Waals surface area contributed by atoms with Crippen LogP contribution in [0, 0.1) is 11.8 Å². The highest BCUT2D eigenvalue weighted by molar-refractivity contribution is 5.82. The van der Waals surface area contributed by atoms with E-state index < -0.39 is 11.9 Å². The van der Waals surface area contributed by atoms with Gasteiger partial charge in [0.1, 0.15) is 11.6 Å². The summed E-state index contributed by atoms with van der Waals surface area (Å²) >= 11 is 0. The number of benzene rings is 2. The van der Waals surface area contributed by atoms with Gasteiger partial charge in [0.05, 0.1) is 11.4 Å². The molecule has 2 unspecified atom stereocenters. The molecule has 2 aromatic carbocycles. The van der Waals surface area contributed by atoms with Crippen molar-refractivity contribution in [2.75, 3.05) is 23.9 Å². The third kappa shape index (κ3) is 9.68. The Morgan fingerprint density at radius 1 is 0.657 bits per heavy atom. The molecule has 0 spiro atoms. The molecule has 0 saturated carbocycles. The molecule has 0 amide bonds. The van der Waals surface area contributed by atoms with Crippen LogP contribution >= 0.6 is 0 Å². The molecule has 2 aliphatic rings. The number of carbonyl (C=O) groups excluding carboxylic acids is 4. The van der Waals surface area contributed by atoms with Gasteiger partial charge >= 0.3 is 11.9 Å². The Bertz CT molecular complexity index is 958. The van der Waals surface area contributed by atoms with E-state index in [-0.39, 0.29) is 23.4 Å². The number of esters is 2. The number of hydrogen-bond acceptors (Lipinski definition) is 9. The first-order chi connectivity index (χ1) is 16.7. The summed E-state index contributed by atoms with van der Waals surface area (Å²) in [5, 5.41) is 0. The maximum Gasteiger partial charge on any atom is 0.310 e. The summed E-state index contributed by atoms with van der Waals surface area (Å²) in [7, 11) is 0. The van der Waals surface area contributed by atoms with Crippen LogP contribution in [0.15, 0.2) is 48.5 Å². The summed E-state index contributed by atoms with van der Waals surface area (Å²) in [6, 6.07) is 16.1. The highest BCUT2D eigenvalue weighted by Gasteiger charge is 2.20. The average molecular weight is 483 g/mol. The molecule has 4 N–H and O–H groups in total. The second-order valence-electron chi connectivity index (χ2n) is 8.43. The van der Waals surface area contributed by atoms with Gasteiger partial charge in [-0.25, -0.2) is 10.9 Å². The van der Waals surface area contributed by atoms with Crippen molar-refractivity contribution in [1.29, 1.82) is 0 Å². The number of ketones is 2. The monoisotopic (exact) mass is 482 g/mol. The topological polar surface area (TPSA) is 126 Å². The molecule has 0 aromatic heterocycles. The van der Waals surface area contributed by atoms with Crippen molar-refractivity contribution in [2.24, 2.45) is 11.8 Å². The molecule has 35 heavy (non-hydrogen) atoms. The number of rotatable bonds is 2. The molecule has 4 rings (SSSR count). The zero-order valence-corrected chi connectivity index (χ0v) is 20.6. The number of Topliss-reactive ketones (excluding diaryl/α,β-unsaturated/α-hetero) is 2. The van der Waals surface area contributed by atoms with Gasteiger partial charge in [0.25, 0.3) is 0 Å². The lowest BCUT2D eigenvalue weighted by molar-refractivity contribution is -0.156. The SMILES string of the molecule is CC(=O)C1CNNc2ccccc2C1.CC(=O)C1CNNc2ccccc2C1.CC(=O)OC(C)=O. The van der Waals surface area contributed by atoms with Crippen LogP contribution < -0.4 is 21.7 Å². The van der Waals surface area contributed by atoms with E-state index in [0.717, 1.165) is 24.2 Å². The Morgan fingerprint density at radius 2 is 1.03 bits per heavy atom. The van der Waals surface area contributed by atoms with Crippen molar-refractivity contribution in [3.8, 4) is 0 Å². The van der Waals surface area contributed by atoms with Gasteiger partial charge in [0.15, 0.2) is 0 Å². The molecule has 2 aromatic rings. The Labute approximate surface area is 205 Å². The smallest absolute Gasteiger partial charge is 0.310 e. The number of hydrazine groups is 2. The van der Waals surface area contributed by atoms with Crippen molar-refractivity contribution < 1.29 is 23.9 Å². The molecule has 2 aliphatic heterocycles. The molecule has 2 atom stereocenters. The van der Waals surface area contributed by atoms with Crippen LogP contribution in [0.1, 0.15) is 38.8 Å². The van der Waals surface area contributed by atoms with E-state index in [1.54, 1.807) is 13.8 Å². The van der Waals surface area contributed by atoms with Gasteiger partial charge in [-0.3, -0.25) is 19.2 Å². The maximum atomic E-state index is 11.3. The van der Waals surface area contributed by atoms with Crippen molar-refractivity contribution in [2.45, 2.75) is 40.5 Å². The van der Waals surface area contributed by atoms with E-state index in [4.69, 9.17) is 0 Å². The maximum absolute atomic E-state index is 11.3. The molecule has 2 heterocycles. The van der Waals surface area contributed by atoms with E-state index in [9.17, 15) is 19.2 Å². The minimum Gasteiger partial charge on any atom is -0.394 e. The van der Waals surface area contributed by atoms with Gasteiger partial charge in [-0.1, -0.05) is 36.4 Å². The third-order valence-corrected chi connectivity index (χ3v) is 5.55. The molecule has 0 bridgehead atoms. The standard InChI is InChI=1S/2C11H14N2O.C4H6O3/c2*1-8(14)10-6-9-4-2-3-5-11(9)13-12-7-10;1-3(5)7-4(2)6/h2*2-5,10,12-13H,6-7H2,1H3;1-2H3. The van der Waals surface area contributed by atoms with E-state index in [0.29, 0.717) is 13.1 Å². The number of ether oxygens (including phenoxy) is 1. The lowest BCUT2D eigenvalue weighted by Crippen LogP contribution is -2.29. The van der Waals surface area contributed by atoms with Crippen molar-refractivity contribution in [3.05, 3.63) is 59.7 Å². The van der Waals surface area contributed by atoms with Gasteiger partial charge in [0.2, 0.25) is 0 Å². The molecule has 0 radical (unpaired) electrons. The van der Waals surface area contributed by atoms with Gasteiger partial charge in [-0.15, -0.1) is 0 Å². The van der Waals surface area contributed by atoms with E-state index in [1.165, 1.54) is 25.0 Å². The fourth-order valence-electron chi connectivity index (χ4n) is 3.63. The first kappa shape index (κ1) is 27.7. The number of hydrogen-bond donors (Lipinski definition) is 4. The Kier molecular flexibility index (Phi) is 11.1. The highest BCUT2D eigenvalue weighted by atomic mass is 16.6. The normalized spacial score (nSPS) is 17.9. The fraction of sp³-hybridized carbons (Fsp3) is 0.385. The Morgan fingerprint density at radius 3 is 1.34 bits per heavy atom. The first-order valence-corrected chi connectivity index (χ1v) is 11.5. The van der Waals surface area contributed by atoms with Crippen LogP contribution in [0.5, 0.6) is 0 Å². The minimum atomic E-state index is -0.562. The molecule has 188 valence electrons. The van der Waals surface area contributed by atoms with Crippen LogP contribution in [-0.2, 0) is 36.8 Å². The van der Waals surface area contributed by atoms with Crippen molar-refractivity contribution in [3.63, 3.8) is 0 Å². The van der Waals surface area contributed by atoms with Crippen LogP contribution in [-0.4, -0.2) is 36.6 Å². The van der Waals surface area contributed by atoms with Crippen LogP contribution in [0.25, 0.3) is 0 Å². The molecular formula is C26H34N4O5. The predicted molar refractivity (Wildman–Crippen MR) is 134 cm³/mol.